The first kappa shape index (κ1) is 16.9. The smallest absolute Gasteiger partial charge is 0.238 e. The van der Waals surface area contributed by atoms with E-state index >= 15 is 0 Å². The molecule has 2 N–H and O–H groups in total. The van der Waals surface area contributed by atoms with Crippen molar-refractivity contribution in [3.63, 3.8) is 0 Å². The van der Waals surface area contributed by atoms with Crippen molar-refractivity contribution in [1.82, 2.24) is 15.5 Å². The van der Waals surface area contributed by atoms with E-state index in [-0.39, 0.29) is 23.9 Å². The highest BCUT2D eigenvalue weighted by atomic mass is 16.2. The average Bonchev–Trinajstić information content (AvgIpc) is 2.32. The van der Waals surface area contributed by atoms with E-state index in [1.54, 1.807) is 27.9 Å². The lowest BCUT2D eigenvalue weighted by molar-refractivity contribution is -0.131. The van der Waals surface area contributed by atoms with Crippen LogP contribution in [0, 0.1) is 0 Å². The molecule has 0 aromatic rings. The quantitative estimate of drug-likeness (QED) is 0.631. The summed E-state index contributed by atoms with van der Waals surface area (Å²) in [7, 11) is 3.41. The molecule has 5 nitrogen and oxygen atoms in total. The van der Waals surface area contributed by atoms with Gasteiger partial charge in [0.05, 0.1) is 12.1 Å². The molecule has 0 radical (unpaired) electrons. The molecule has 0 heterocycles. The lowest BCUT2D eigenvalue weighted by Gasteiger charge is -2.21. The number of nitrogens with one attached hydrogen (secondary N) is 2. The SMILES string of the molecule is CCCCCNC(=O)C(C)NC(C)C(=O)N(C)C. The second-order valence-corrected chi connectivity index (χ2v) is 4.84. The third-order valence-corrected chi connectivity index (χ3v) is 2.78. The van der Waals surface area contributed by atoms with Crippen LogP contribution in [-0.2, 0) is 9.59 Å². The molecule has 0 aliphatic heterocycles. The Balaban J connectivity index is 3.96. The maximum absolute atomic E-state index is 11.7. The Morgan fingerprint density at radius 3 is 2.22 bits per heavy atom. The molecule has 2 atom stereocenters. The van der Waals surface area contributed by atoms with Gasteiger partial charge in [0.2, 0.25) is 11.8 Å². The van der Waals surface area contributed by atoms with E-state index in [1.165, 1.54) is 4.90 Å². The summed E-state index contributed by atoms with van der Waals surface area (Å²) in [6.07, 6.45) is 3.26. The molecular formula is C13H27N3O2. The van der Waals surface area contributed by atoms with Gasteiger partial charge in [0.15, 0.2) is 0 Å². The molecule has 2 amide bonds. The van der Waals surface area contributed by atoms with Crippen molar-refractivity contribution in [3.05, 3.63) is 0 Å². The minimum absolute atomic E-state index is 0.0272. The summed E-state index contributed by atoms with van der Waals surface area (Å²) in [4.78, 5) is 24.9. The first-order valence-electron chi connectivity index (χ1n) is 6.65. The third kappa shape index (κ3) is 6.59. The van der Waals surface area contributed by atoms with Crippen molar-refractivity contribution in [2.45, 2.75) is 52.1 Å². The number of rotatable bonds is 8. The molecule has 0 saturated heterocycles. The van der Waals surface area contributed by atoms with Crippen LogP contribution in [0.4, 0.5) is 0 Å². The molecule has 0 rings (SSSR count). The molecular weight excluding hydrogens is 230 g/mol. The van der Waals surface area contributed by atoms with Gasteiger partial charge in [0, 0.05) is 20.6 Å². The summed E-state index contributed by atoms with van der Waals surface area (Å²) in [6.45, 7) is 6.37. The number of hydrogen-bond acceptors (Lipinski definition) is 3. The molecule has 0 fully saturated rings. The van der Waals surface area contributed by atoms with Crippen LogP contribution in [0.3, 0.4) is 0 Å². The molecule has 0 aliphatic rings. The number of unbranched alkanes of at least 4 members (excludes halogenated alkanes) is 2. The minimum atomic E-state index is -0.356. The Kier molecular flexibility index (Phi) is 8.37. The zero-order valence-corrected chi connectivity index (χ0v) is 12.2. The van der Waals surface area contributed by atoms with Crippen molar-refractivity contribution < 1.29 is 9.59 Å². The standard InChI is InChI=1S/C13H27N3O2/c1-6-7-8-9-14-12(17)10(2)15-11(3)13(18)16(4)5/h10-11,15H,6-9H2,1-5H3,(H,14,17). The maximum atomic E-state index is 11.7. The fraction of sp³-hybridized carbons (Fsp3) is 0.846. The lowest BCUT2D eigenvalue weighted by atomic mass is 10.2. The van der Waals surface area contributed by atoms with Gasteiger partial charge in [-0.1, -0.05) is 19.8 Å². The monoisotopic (exact) mass is 257 g/mol. The van der Waals surface area contributed by atoms with Crippen LogP contribution >= 0.6 is 0 Å². The molecule has 18 heavy (non-hydrogen) atoms. The van der Waals surface area contributed by atoms with Crippen LogP contribution in [0.15, 0.2) is 0 Å². The fourth-order valence-electron chi connectivity index (χ4n) is 1.65. The second-order valence-electron chi connectivity index (χ2n) is 4.84. The minimum Gasteiger partial charge on any atom is -0.355 e. The normalized spacial score (nSPS) is 13.8. The van der Waals surface area contributed by atoms with Crippen LogP contribution in [0.2, 0.25) is 0 Å². The second kappa shape index (κ2) is 8.91. The van der Waals surface area contributed by atoms with E-state index < -0.39 is 0 Å². The molecule has 0 saturated carbocycles. The summed E-state index contributed by atoms with van der Waals surface area (Å²) in [5.74, 6) is -0.0786. The molecule has 0 aliphatic carbocycles. The van der Waals surface area contributed by atoms with Gasteiger partial charge in [-0.15, -0.1) is 0 Å². The first-order chi connectivity index (χ1) is 8.40. The van der Waals surface area contributed by atoms with Crippen molar-refractivity contribution in [2.75, 3.05) is 20.6 Å². The number of likely N-dealkylation sites (N-methyl/N-ethyl adjacent to an activating group) is 1. The predicted octanol–water partition coefficient (Wildman–Crippen LogP) is 0.748. The molecule has 0 spiro atoms. The largest absolute Gasteiger partial charge is 0.355 e. The van der Waals surface area contributed by atoms with Gasteiger partial charge in [0.1, 0.15) is 0 Å². The van der Waals surface area contributed by atoms with E-state index in [4.69, 9.17) is 0 Å². The highest BCUT2D eigenvalue weighted by Crippen LogP contribution is 1.94. The molecule has 0 aromatic heterocycles. The Morgan fingerprint density at radius 1 is 1.11 bits per heavy atom. The van der Waals surface area contributed by atoms with E-state index in [9.17, 15) is 9.59 Å². The number of carbonyl (C=O) groups is 2. The van der Waals surface area contributed by atoms with Crippen LogP contribution in [0.25, 0.3) is 0 Å². The van der Waals surface area contributed by atoms with Gasteiger partial charge >= 0.3 is 0 Å². The van der Waals surface area contributed by atoms with E-state index in [0.29, 0.717) is 6.54 Å². The van der Waals surface area contributed by atoms with Crippen molar-refractivity contribution >= 4 is 11.8 Å². The van der Waals surface area contributed by atoms with Crippen molar-refractivity contribution in [1.29, 1.82) is 0 Å². The highest BCUT2D eigenvalue weighted by Gasteiger charge is 2.20. The van der Waals surface area contributed by atoms with Gasteiger partial charge in [0.25, 0.3) is 0 Å². The van der Waals surface area contributed by atoms with Crippen LogP contribution < -0.4 is 10.6 Å². The van der Waals surface area contributed by atoms with Crippen LogP contribution in [0.5, 0.6) is 0 Å². The average molecular weight is 257 g/mol. The number of carbonyl (C=O) groups excluding carboxylic acids is 2. The van der Waals surface area contributed by atoms with Gasteiger partial charge in [-0.2, -0.15) is 0 Å². The summed E-state index contributed by atoms with van der Waals surface area (Å²) in [6, 6.07) is -0.707. The third-order valence-electron chi connectivity index (χ3n) is 2.78. The van der Waals surface area contributed by atoms with E-state index in [0.717, 1.165) is 19.3 Å². The number of amides is 2. The maximum Gasteiger partial charge on any atom is 0.238 e. The molecule has 106 valence electrons. The zero-order valence-electron chi connectivity index (χ0n) is 12.2. The lowest BCUT2D eigenvalue weighted by Crippen LogP contribution is -2.50. The topological polar surface area (TPSA) is 61.4 Å². The van der Waals surface area contributed by atoms with Gasteiger partial charge in [-0.05, 0) is 20.3 Å². The predicted molar refractivity (Wildman–Crippen MR) is 73.3 cm³/mol. The Morgan fingerprint density at radius 2 is 1.72 bits per heavy atom. The van der Waals surface area contributed by atoms with E-state index in [1.807, 2.05) is 0 Å². The van der Waals surface area contributed by atoms with Crippen LogP contribution in [-0.4, -0.2) is 49.4 Å². The van der Waals surface area contributed by atoms with Crippen molar-refractivity contribution in [3.8, 4) is 0 Å². The molecule has 0 aromatic carbocycles. The fourth-order valence-corrected chi connectivity index (χ4v) is 1.65. The Bertz CT molecular complexity index is 267. The Labute approximate surface area is 110 Å². The zero-order chi connectivity index (χ0) is 14.1. The summed E-state index contributed by atoms with van der Waals surface area (Å²) < 4.78 is 0. The molecule has 5 heteroatoms. The highest BCUT2D eigenvalue weighted by molar-refractivity contribution is 5.84. The summed E-state index contributed by atoms with van der Waals surface area (Å²) in [5, 5.41) is 5.86. The molecule has 2 unspecified atom stereocenters. The number of nitrogens with zero attached hydrogens (tertiary/aromatic N) is 1. The Hall–Kier alpha value is -1.10. The van der Waals surface area contributed by atoms with Gasteiger partial charge in [-0.25, -0.2) is 0 Å². The van der Waals surface area contributed by atoms with E-state index in [2.05, 4.69) is 17.6 Å². The molecule has 0 bridgehead atoms. The van der Waals surface area contributed by atoms with Gasteiger partial charge < -0.3 is 10.2 Å². The van der Waals surface area contributed by atoms with Crippen molar-refractivity contribution in [2.24, 2.45) is 0 Å². The summed E-state index contributed by atoms with van der Waals surface area (Å²) >= 11 is 0. The summed E-state index contributed by atoms with van der Waals surface area (Å²) in [5.41, 5.74) is 0. The first-order valence-corrected chi connectivity index (χ1v) is 6.65. The van der Waals surface area contributed by atoms with Crippen LogP contribution in [0.1, 0.15) is 40.0 Å². The number of hydrogen-bond donors (Lipinski definition) is 2. The van der Waals surface area contributed by atoms with Gasteiger partial charge in [-0.3, -0.25) is 14.9 Å².